The van der Waals surface area contributed by atoms with Gasteiger partial charge in [-0.25, -0.2) is 13.2 Å². The molecule has 3 aromatic rings. The van der Waals surface area contributed by atoms with E-state index < -0.39 is 22.6 Å². The van der Waals surface area contributed by atoms with Crippen molar-refractivity contribution in [1.82, 2.24) is 0 Å². The lowest BCUT2D eigenvalue weighted by molar-refractivity contribution is 0.0474. The molecule has 0 saturated carbocycles. The van der Waals surface area contributed by atoms with E-state index in [-0.39, 0.29) is 16.2 Å². The van der Waals surface area contributed by atoms with Gasteiger partial charge in [0.1, 0.15) is 5.75 Å². The van der Waals surface area contributed by atoms with Gasteiger partial charge in [0.15, 0.2) is 12.4 Å². The number of hydrogen-bond donors (Lipinski definition) is 0. The maximum Gasteiger partial charge on any atom is 0.338 e. The highest BCUT2D eigenvalue weighted by atomic mass is 32.2. The van der Waals surface area contributed by atoms with Gasteiger partial charge in [0.25, 0.3) is 10.0 Å². The number of methoxy groups -OCH3 is 1. The van der Waals surface area contributed by atoms with Crippen LogP contribution in [0.3, 0.4) is 0 Å². The van der Waals surface area contributed by atoms with Gasteiger partial charge in [-0.2, -0.15) is 0 Å². The van der Waals surface area contributed by atoms with Crippen molar-refractivity contribution in [1.29, 1.82) is 0 Å². The highest BCUT2D eigenvalue weighted by molar-refractivity contribution is 7.92. The summed E-state index contributed by atoms with van der Waals surface area (Å²) in [6.45, 7) is -0.403. The number of ether oxygens (including phenoxy) is 2. The molecule has 31 heavy (non-hydrogen) atoms. The van der Waals surface area contributed by atoms with Gasteiger partial charge in [0, 0.05) is 12.6 Å². The first kappa shape index (κ1) is 22.0. The van der Waals surface area contributed by atoms with Crippen molar-refractivity contribution < 1.29 is 27.5 Å². The Kier molecular flexibility index (Phi) is 6.71. The van der Waals surface area contributed by atoms with Crippen LogP contribution in [0.4, 0.5) is 5.69 Å². The summed E-state index contributed by atoms with van der Waals surface area (Å²) < 4.78 is 37.3. The molecule has 0 N–H and O–H groups in total. The first-order valence-electron chi connectivity index (χ1n) is 9.32. The Bertz CT molecular complexity index is 1170. The van der Waals surface area contributed by atoms with Gasteiger partial charge in [-0.05, 0) is 36.4 Å². The highest BCUT2D eigenvalue weighted by Crippen LogP contribution is 2.30. The predicted octanol–water partition coefficient (Wildman–Crippen LogP) is 3.56. The number of rotatable bonds is 8. The third-order valence-electron chi connectivity index (χ3n) is 4.60. The lowest BCUT2D eigenvalue weighted by Crippen LogP contribution is -2.27. The van der Waals surface area contributed by atoms with Gasteiger partial charge in [-0.3, -0.25) is 9.10 Å². The zero-order valence-electron chi connectivity index (χ0n) is 17.0. The predicted molar refractivity (Wildman–Crippen MR) is 116 cm³/mol. The maximum atomic E-state index is 13.0. The van der Waals surface area contributed by atoms with Gasteiger partial charge in [0.05, 0.1) is 23.3 Å². The van der Waals surface area contributed by atoms with E-state index in [1.54, 1.807) is 54.6 Å². The van der Waals surface area contributed by atoms with Crippen molar-refractivity contribution in [2.24, 2.45) is 0 Å². The molecule has 0 aliphatic carbocycles. The quantitative estimate of drug-likeness (QED) is 0.394. The van der Waals surface area contributed by atoms with Gasteiger partial charge in [-0.15, -0.1) is 0 Å². The van der Waals surface area contributed by atoms with E-state index in [1.165, 1.54) is 38.4 Å². The minimum atomic E-state index is -3.88. The fourth-order valence-electron chi connectivity index (χ4n) is 2.86. The maximum absolute atomic E-state index is 13.0. The average Bonchev–Trinajstić information content (AvgIpc) is 2.82. The molecule has 0 fully saturated rings. The summed E-state index contributed by atoms with van der Waals surface area (Å²) in [6.07, 6.45) is 0. The van der Waals surface area contributed by atoms with Crippen LogP contribution in [-0.2, 0) is 14.8 Å². The van der Waals surface area contributed by atoms with Crippen molar-refractivity contribution in [3.63, 3.8) is 0 Å². The van der Waals surface area contributed by atoms with Crippen molar-refractivity contribution in [3.8, 4) is 5.75 Å². The number of hydrogen-bond acceptors (Lipinski definition) is 6. The Morgan fingerprint density at radius 2 is 1.45 bits per heavy atom. The molecule has 3 rings (SSSR count). The molecular formula is C23H21NO6S. The number of Topliss-reactive ketones (excluding diaryl/α,β-unsaturated/α-hetero) is 1. The zero-order valence-corrected chi connectivity index (χ0v) is 17.8. The number of carbonyl (C=O) groups is 2. The fourth-order valence-corrected chi connectivity index (χ4v) is 4.07. The molecule has 0 atom stereocenters. The second kappa shape index (κ2) is 9.44. The van der Waals surface area contributed by atoms with Crippen LogP contribution in [0.15, 0.2) is 83.8 Å². The lowest BCUT2D eigenvalue weighted by Gasteiger charge is -2.21. The molecule has 0 aromatic heterocycles. The van der Waals surface area contributed by atoms with E-state index >= 15 is 0 Å². The Labute approximate surface area is 180 Å². The summed E-state index contributed by atoms with van der Waals surface area (Å²) in [6, 6.07) is 20.6. The molecule has 0 radical (unpaired) electrons. The average molecular weight is 439 g/mol. The van der Waals surface area contributed by atoms with E-state index in [9.17, 15) is 18.0 Å². The highest BCUT2D eigenvalue weighted by Gasteiger charge is 2.24. The van der Waals surface area contributed by atoms with Crippen LogP contribution in [-0.4, -0.2) is 40.9 Å². The number of esters is 1. The van der Waals surface area contributed by atoms with Crippen LogP contribution in [0, 0.1) is 0 Å². The molecule has 0 amide bonds. The number of ketones is 1. The second-order valence-corrected chi connectivity index (χ2v) is 8.50. The molecule has 0 aliphatic heterocycles. The van der Waals surface area contributed by atoms with Crippen LogP contribution in [0.1, 0.15) is 20.7 Å². The summed E-state index contributed by atoms with van der Waals surface area (Å²) in [7, 11) is -1.000. The number of sulfonamides is 1. The van der Waals surface area contributed by atoms with E-state index in [4.69, 9.17) is 9.47 Å². The van der Waals surface area contributed by atoms with Crippen LogP contribution < -0.4 is 9.04 Å². The van der Waals surface area contributed by atoms with Crippen LogP contribution in [0.2, 0.25) is 0 Å². The number of anilines is 1. The van der Waals surface area contributed by atoms with Crippen LogP contribution in [0.5, 0.6) is 5.75 Å². The molecule has 160 valence electrons. The van der Waals surface area contributed by atoms with E-state index in [1.807, 2.05) is 0 Å². The molecule has 0 unspecified atom stereocenters. The molecule has 0 aliphatic rings. The standard InChI is InChI=1S/C23H21NO6S/c1-24(20-10-6-7-11-22(20)29-2)31(27,28)19-14-12-18(13-15-19)23(26)30-16-21(25)17-8-4-3-5-9-17/h3-15H,16H2,1-2H3. The third-order valence-corrected chi connectivity index (χ3v) is 6.39. The molecule has 7 nitrogen and oxygen atoms in total. The van der Waals surface area contributed by atoms with Gasteiger partial charge in [-0.1, -0.05) is 42.5 Å². The van der Waals surface area contributed by atoms with Crippen LogP contribution >= 0.6 is 0 Å². The number of para-hydroxylation sites is 2. The van der Waals surface area contributed by atoms with E-state index in [2.05, 4.69) is 0 Å². The first-order chi connectivity index (χ1) is 14.8. The zero-order chi connectivity index (χ0) is 22.4. The minimum absolute atomic E-state index is 0.00202. The summed E-state index contributed by atoms with van der Waals surface area (Å²) in [5.41, 5.74) is 0.962. The van der Waals surface area contributed by atoms with Crippen molar-refractivity contribution in [2.45, 2.75) is 4.90 Å². The van der Waals surface area contributed by atoms with Gasteiger partial charge >= 0.3 is 5.97 Å². The Hall–Kier alpha value is -3.65. The van der Waals surface area contributed by atoms with Crippen LogP contribution in [0.25, 0.3) is 0 Å². The van der Waals surface area contributed by atoms with E-state index in [0.717, 1.165) is 4.31 Å². The van der Waals surface area contributed by atoms with Gasteiger partial charge < -0.3 is 9.47 Å². The Morgan fingerprint density at radius 3 is 2.10 bits per heavy atom. The van der Waals surface area contributed by atoms with Crippen molar-refractivity contribution in [2.75, 3.05) is 25.1 Å². The summed E-state index contributed by atoms with van der Waals surface area (Å²) >= 11 is 0. The first-order valence-corrected chi connectivity index (χ1v) is 10.8. The molecule has 8 heteroatoms. The Balaban J connectivity index is 1.71. The fraction of sp³-hybridized carbons (Fsp3) is 0.130. The Morgan fingerprint density at radius 1 is 0.839 bits per heavy atom. The number of benzene rings is 3. The molecule has 0 bridgehead atoms. The largest absolute Gasteiger partial charge is 0.495 e. The molecule has 0 spiro atoms. The molecule has 0 saturated heterocycles. The smallest absolute Gasteiger partial charge is 0.338 e. The topological polar surface area (TPSA) is 90.0 Å². The van der Waals surface area contributed by atoms with E-state index in [0.29, 0.717) is 17.0 Å². The second-order valence-electron chi connectivity index (χ2n) is 6.53. The molecule has 3 aromatic carbocycles. The molecule has 0 heterocycles. The molecular weight excluding hydrogens is 418 g/mol. The summed E-state index contributed by atoms with van der Waals surface area (Å²) in [5.74, 6) is -0.630. The lowest BCUT2D eigenvalue weighted by atomic mass is 10.1. The third kappa shape index (κ3) is 4.92. The van der Waals surface area contributed by atoms with Gasteiger partial charge in [0.2, 0.25) is 0 Å². The van der Waals surface area contributed by atoms with Crippen molar-refractivity contribution in [3.05, 3.63) is 90.0 Å². The SMILES string of the molecule is COc1ccccc1N(C)S(=O)(=O)c1ccc(C(=O)OCC(=O)c2ccccc2)cc1. The summed E-state index contributed by atoms with van der Waals surface area (Å²) in [5, 5.41) is 0. The number of carbonyl (C=O) groups excluding carboxylic acids is 2. The summed E-state index contributed by atoms with van der Waals surface area (Å²) in [4.78, 5) is 24.3. The normalized spacial score (nSPS) is 10.9. The number of nitrogens with zero attached hydrogens (tertiary/aromatic N) is 1. The monoisotopic (exact) mass is 439 g/mol. The van der Waals surface area contributed by atoms with Crippen molar-refractivity contribution >= 4 is 27.5 Å². The minimum Gasteiger partial charge on any atom is -0.495 e.